The van der Waals surface area contributed by atoms with Gasteiger partial charge in [-0.05, 0) is 12.1 Å². The highest BCUT2D eigenvalue weighted by molar-refractivity contribution is 5.32. The number of nitrogens with zero attached hydrogens (tertiary/aromatic N) is 2. The Bertz CT molecular complexity index is 281. The lowest BCUT2D eigenvalue weighted by atomic mass is 10.3. The summed E-state index contributed by atoms with van der Waals surface area (Å²) < 4.78 is 0. The number of hydrogen-bond acceptors (Lipinski definition) is 4. The van der Waals surface area contributed by atoms with Gasteiger partial charge in [0.15, 0.2) is 0 Å². The molecule has 1 heterocycles. The van der Waals surface area contributed by atoms with Crippen molar-refractivity contribution in [1.29, 1.82) is 5.26 Å². The summed E-state index contributed by atoms with van der Waals surface area (Å²) in [5, 5.41) is 20.2. The van der Waals surface area contributed by atoms with E-state index in [1.807, 2.05) is 18.2 Å². The molecule has 1 unspecified atom stereocenters. The van der Waals surface area contributed by atoms with Crippen molar-refractivity contribution in [2.24, 2.45) is 0 Å². The van der Waals surface area contributed by atoms with Gasteiger partial charge >= 0.3 is 0 Å². The van der Waals surface area contributed by atoms with Crippen molar-refractivity contribution in [2.75, 3.05) is 11.9 Å². The summed E-state index contributed by atoms with van der Waals surface area (Å²) in [5.41, 5.74) is 0. The van der Waals surface area contributed by atoms with Crippen LogP contribution in [-0.2, 0) is 0 Å². The van der Waals surface area contributed by atoms with E-state index in [9.17, 15) is 0 Å². The van der Waals surface area contributed by atoms with Gasteiger partial charge in [0.25, 0.3) is 0 Å². The van der Waals surface area contributed by atoms with Crippen molar-refractivity contribution in [3.63, 3.8) is 0 Å². The zero-order chi connectivity index (χ0) is 9.52. The minimum absolute atomic E-state index is 0.410. The summed E-state index contributed by atoms with van der Waals surface area (Å²) in [7, 11) is 0. The highest BCUT2D eigenvalue weighted by Crippen LogP contribution is 2.00. The molecular weight excluding hydrogens is 166 g/mol. The Morgan fingerprint density at radius 1 is 1.62 bits per heavy atom. The molecule has 0 amide bonds. The van der Waals surface area contributed by atoms with Crippen molar-refractivity contribution in [3.05, 3.63) is 24.4 Å². The highest BCUT2D eigenvalue weighted by atomic mass is 16.3. The molecule has 0 radical (unpaired) electrons. The number of nitrogens with one attached hydrogen (secondary N) is 1. The average Bonchev–Trinajstić information content (AvgIpc) is 2.19. The van der Waals surface area contributed by atoms with Gasteiger partial charge in [0.1, 0.15) is 11.9 Å². The Kier molecular flexibility index (Phi) is 3.74. The molecule has 1 aromatic heterocycles. The number of pyridine rings is 1. The molecule has 1 aromatic rings. The second-order valence-electron chi connectivity index (χ2n) is 2.58. The topological polar surface area (TPSA) is 68.9 Å². The molecule has 0 aliphatic heterocycles. The van der Waals surface area contributed by atoms with E-state index in [4.69, 9.17) is 10.4 Å². The van der Waals surface area contributed by atoms with Crippen LogP contribution in [0.1, 0.15) is 6.42 Å². The summed E-state index contributed by atoms with van der Waals surface area (Å²) in [6.07, 6.45) is 1.20. The largest absolute Gasteiger partial charge is 0.378 e. The van der Waals surface area contributed by atoms with E-state index in [2.05, 4.69) is 10.3 Å². The van der Waals surface area contributed by atoms with E-state index in [-0.39, 0.29) is 0 Å². The minimum Gasteiger partial charge on any atom is -0.378 e. The number of aliphatic hydroxyl groups excluding tert-OH is 1. The lowest BCUT2D eigenvalue weighted by Crippen LogP contribution is -2.11. The molecule has 2 N–H and O–H groups in total. The van der Waals surface area contributed by atoms with Gasteiger partial charge in [-0.3, -0.25) is 0 Å². The first-order chi connectivity index (χ1) is 6.33. The summed E-state index contributed by atoms with van der Waals surface area (Å²) in [6, 6.07) is 7.28. The summed E-state index contributed by atoms with van der Waals surface area (Å²) in [5.74, 6) is 0.757. The lowest BCUT2D eigenvalue weighted by Gasteiger charge is -2.04. The average molecular weight is 177 g/mol. The molecule has 4 heteroatoms. The van der Waals surface area contributed by atoms with Gasteiger partial charge in [-0.15, -0.1) is 0 Å². The maximum Gasteiger partial charge on any atom is 0.142 e. The fourth-order valence-corrected chi connectivity index (χ4v) is 0.869. The van der Waals surface area contributed by atoms with Gasteiger partial charge in [0.05, 0.1) is 6.07 Å². The van der Waals surface area contributed by atoms with Gasteiger partial charge < -0.3 is 10.4 Å². The standard InChI is InChI=1S/C9H11N3O/c10-7-8(13)4-6-12-9-3-1-2-5-11-9/h1-3,5,8,13H,4,6H2,(H,11,12). The third-order valence-electron chi connectivity index (χ3n) is 1.54. The van der Waals surface area contributed by atoms with Crippen LogP contribution in [0.15, 0.2) is 24.4 Å². The van der Waals surface area contributed by atoms with Crippen molar-refractivity contribution >= 4 is 5.82 Å². The van der Waals surface area contributed by atoms with Crippen molar-refractivity contribution < 1.29 is 5.11 Å². The van der Waals surface area contributed by atoms with Gasteiger partial charge in [-0.25, -0.2) is 4.98 Å². The maximum atomic E-state index is 8.91. The fourth-order valence-electron chi connectivity index (χ4n) is 0.869. The number of aliphatic hydroxyl groups is 1. The predicted octanol–water partition coefficient (Wildman–Crippen LogP) is 0.768. The molecule has 13 heavy (non-hydrogen) atoms. The van der Waals surface area contributed by atoms with Gasteiger partial charge in [-0.2, -0.15) is 5.26 Å². The zero-order valence-corrected chi connectivity index (χ0v) is 7.14. The van der Waals surface area contributed by atoms with E-state index in [0.29, 0.717) is 13.0 Å². The van der Waals surface area contributed by atoms with Crippen LogP contribution in [0.4, 0.5) is 5.82 Å². The Morgan fingerprint density at radius 2 is 2.46 bits per heavy atom. The van der Waals surface area contributed by atoms with Gasteiger partial charge in [0.2, 0.25) is 0 Å². The van der Waals surface area contributed by atoms with Crippen LogP contribution in [-0.4, -0.2) is 22.7 Å². The second-order valence-corrected chi connectivity index (χ2v) is 2.58. The van der Waals surface area contributed by atoms with E-state index in [1.54, 1.807) is 12.3 Å². The first-order valence-corrected chi connectivity index (χ1v) is 4.05. The first-order valence-electron chi connectivity index (χ1n) is 4.05. The minimum atomic E-state index is -0.892. The molecule has 0 aromatic carbocycles. The molecule has 4 nitrogen and oxygen atoms in total. The molecule has 0 saturated carbocycles. The van der Waals surface area contributed by atoms with Gasteiger partial charge in [0, 0.05) is 19.2 Å². The SMILES string of the molecule is N#CC(O)CCNc1ccccn1. The van der Waals surface area contributed by atoms with Crippen LogP contribution in [0.25, 0.3) is 0 Å². The van der Waals surface area contributed by atoms with Crippen molar-refractivity contribution in [2.45, 2.75) is 12.5 Å². The van der Waals surface area contributed by atoms with Crippen LogP contribution in [0.2, 0.25) is 0 Å². The summed E-state index contributed by atoms with van der Waals surface area (Å²) in [4.78, 5) is 4.03. The summed E-state index contributed by atoms with van der Waals surface area (Å²) >= 11 is 0. The first kappa shape index (κ1) is 9.49. The quantitative estimate of drug-likeness (QED) is 0.666. The van der Waals surface area contributed by atoms with Crippen molar-refractivity contribution in [3.8, 4) is 6.07 Å². The molecule has 0 bridgehead atoms. The smallest absolute Gasteiger partial charge is 0.142 e. The Hall–Kier alpha value is -1.60. The number of hydrogen-bond donors (Lipinski definition) is 2. The molecule has 1 rings (SSSR count). The molecule has 0 fully saturated rings. The van der Waals surface area contributed by atoms with E-state index < -0.39 is 6.10 Å². The number of nitriles is 1. The lowest BCUT2D eigenvalue weighted by molar-refractivity contribution is 0.224. The molecule has 0 aliphatic carbocycles. The van der Waals surface area contributed by atoms with Crippen LogP contribution in [0.5, 0.6) is 0 Å². The predicted molar refractivity (Wildman–Crippen MR) is 49.0 cm³/mol. The monoisotopic (exact) mass is 177 g/mol. The molecule has 1 atom stereocenters. The van der Waals surface area contributed by atoms with Crippen LogP contribution in [0, 0.1) is 11.3 Å². The van der Waals surface area contributed by atoms with Crippen LogP contribution >= 0.6 is 0 Å². The number of anilines is 1. The Morgan fingerprint density at radius 3 is 3.08 bits per heavy atom. The van der Waals surface area contributed by atoms with E-state index in [1.165, 1.54) is 0 Å². The zero-order valence-electron chi connectivity index (χ0n) is 7.14. The Balaban J connectivity index is 2.25. The number of aromatic nitrogens is 1. The van der Waals surface area contributed by atoms with E-state index in [0.717, 1.165) is 5.82 Å². The highest BCUT2D eigenvalue weighted by Gasteiger charge is 1.99. The fraction of sp³-hybridized carbons (Fsp3) is 0.333. The van der Waals surface area contributed by atoms with Crippen molar-refractivity contribution in [1.82, 2.24) is 4.98 Å². The third kappa shape index (κ3) is 3.54. The molecule has 0 aliphatic rings. The van der Waals surface area contributed by atoms with Gasteiger partial charge in [-0.1, -0.05) is 6.07 Å². The normalized spacial score (nSPS) is 11.7. The molecule has 68 valence electrons. The molecule has 0 saturated heterocycles. The number of rotatable bonds is 4. The third-order valence-corrected chi connectivity index (χ3v) is 1.54. The molecule has 0 spiro atoms. The Labute approximate surface area is 76.8 Å². The van der Waals surface area contributed by atoms with Crippen LogP contribution < -0.4 is 5.32 Å². The maximum absolute atomic E-state index is 8.91. The van der Waals surface area contributed by atoms with E-state index >= 15 is 0 Å². The summed E-state index contributed by atoms with van der Waals surface area (Å²) in [6.45, 7) is 0.547. The second kappa shape index (κ2) is 5.12. The molecular formula is C9H11N3O. The van der Waals surface area contributed by atoms with Crippen LogP contribution in [0.3, 0.4) is 0 Å².